The Labute approximate surface area is 206 Å². The highest BCUT2D eigenvalue weighted by atomic mass is 19.2. The van der Waals surface area contributed by atoms with Crippen molar-refractivity contribution < 1.29 is 22.3 Å². The van der Waals surface area contributed by atoms with Gasteiger partial charge in [-0.25, -0.2) is 13.2 Å². The highest BCUT2D eigenvalue weighted by Crippen LogP contribution is 2.42. The van der Waals surface area contributed by atoms with E-state index in [0.29, 0.717) is 17.0 Å². The molecular weight excluding hydrogens is 452 g/mol. The van der Waals surface area contributed by atoms with E-state index in [4.69, 9.17) is 4.74 Å². The van der Waals surface area contributed by atoms with Gasteiger partial charge < -0.3 is 4.74 Å². The van der Waals surface area contributed by atoms with Crippen molar-refractivity contribution in [1.82, 2.24) is 0 Å². The van der Waals surface area contributed by atoms with Crippen LogP contribution in [0.5, 0.6) is 5.75 Å². The van der Waals surface area contributed by atoms with E-state index < -0.39 is 23.3 Å². The van der Waals surface area contributed by atoms with E-state index in [9.17, 15) is 8.78 Å². The molecule has 0 saturated heterocycles. The molecular formula is C30H36F4O. The Morgan fingerprint density at radius 3 is 1.83 bits per heavy atom. The molecule has 2 saturated carbocycles. The minimum Gasteiger partial charge on any atom is -0.491 e. The van der Waals surface area contributed by atoms with Gasteiger partial charge in [-0.05, 0) is 105 Å². The Hall–Kier alpha value is -2.30. The van der Waals surface area contributed by atoms with Crippen molar-refractivity contribution in [3.8, 4) is 5.75 Å². The number of hydrogen-bond acceptors (Lipinski definition) is 1. The van der Waals surface area contributed by atoms with Gasteiger partial charge in [0.05, 0.1) is 6.61 Å². The molecule has 1 nitrogen and oxygen atoms in total. The van der Waals surface area contributed by atoms with Gasteiger partial charge in [0.15, 0.2) is 23.2 Å². The summed E-state index contributed by atoms with van der Waals surface area (Å²) in [5.74, 6) is -2.29. The molecule has 0 bridgehead atoms. The molecule has 0 spiro atoms. The van der Waals surface area contributed by atoms with Gasteiger partial charge in [0.25, 0.3) is 0 Å². The summed E-state index contributed by atoms with van der Waals surface area (Å²) < 4.78 is 63.7. The molecule has 2 aliphatic carbocycles. The predicted octanol–water partition coefficient (Wildman–Crippen LogP) is 9.31. The number of ether oxygens (including phenoxy) is 1. The first-order chi connectivity index (χ1) is 16.9. The summed E-state index contributed by atoms with van der Waals surface area (Å²) in [4.78, 5) is 0. The van der Waals surface area contributed by atoms with Gasteiger partial charge in [0.2, 0.25) is 5.82 Å². The molecule has 2 aromatic carbocycles. The van der Waals surface area contributed by atoms with E-state index in [0.717, 1.165) is 57.8 Å². The first kappa shape index (κ1) is 25.8. The smallest absolute Gasteiger partial charge is 0.201 e. The summed E-state index contributed by atoms with van der Waals surface area (Å²) in [6, 6.07) is 6.58. The Bertz CT molecular complexity index is 1030. The summed E-state index contributed by atoms with van der Waals surface area (Å²) >= 11 is 0. The minimum absolute atomic E-state index is 0.0151. The first-order valence-corrected chi connectivity index (χ1v) is 13.2. The van der Waals surface area contributed by atoms with Gasteiger partial charge in [0, 0.05) is 5.56 Å². The quantitative estimate of drug-likeness (QED) is 0.353. The molecule has 0 aliphatic heterocycles. The fourth-order valence-electron chi connectivity index (χ4n) is 5.90. The zero-order chi connectivity index (χ0) is 24.9. The lowest BCUT2D eigenvalue weighted by atomic mass is 9.75. The topological polar surface area (TPSA) is 9.23 Å². The van der Waals surface area contributed by atoms with Crippen molar-refractivity contribution in [2.45, 2.75) is 83.5 Å². The van der Waals surface area contributed by atoms with Crippen molar-refractivity contribution in [2.75, 3.05) is 6.61 Å². The van der Waals surface area contributed by atoms with Crippen molar-refractivity contribution in [3.05, 3.63) is 70.3 Å². The maximum Gasteiger partial charge on any atom is 0.201 e. The largest absolute Gasteiger partial charge is 0.491 e. The Morgan fingerprint density at radius 1 is 0.714 bits per heavy atom. The molecule has 2 fully saturated rings. The third-order valence-electron chi connectivity index (χ3n) is 8.14. The van der Waals surface area contributed by atoms with E-state index in [1.807, 2.05) is 12.1 Å². The molecule has 0 atom stereocenters. The fourth-order valence-corrected chi connectivity index (χ4v) is 5.90. The van der Waals surface area contributed by atoms with Crippen LogP contribution < -0.4 is 4.74 Å². The van der Waals surface area contributed by atoms with Crippen LogP contribution in [0.2, 0.25) is 0 Å². The second-order valence-corrected chi connectivity index (χ2v) is 10.2. The van der Waals surface area contributed by atoms with Gasteiger partial charge in [-0.2, -0.15) is 4.39 Å². The van der Waals surface area contributed by atoms with Crippen molar-refractivity contribution in [2.24, 2.45) is 11.8 Å². The minimum atomic E-state index is -0.975. The Morgan fingerprint density at radius 2 is 1.29 bits per heavy atom. The standard InChI is InChI=1S/C30H36F4O/c1-3-19-5-10-21(11-6-19)24-16-17-25(29(33)28(24)32)22-12-7-20(8-13-22)9-14-23-15-18-26(35-4-2)30(34)27(23)31/h9,14-22H,3-8,10-13H2,1-2H3/b14-9+. The van der Waals surface area contributed by atoms with Gasteiger partial charge in [-0.1, -0.05) is 37.6 Å². The van der Waals surface area contributed by atoms with E-state index in [1.54, 1.807) is 19.1 Å². The molecule has 0 radical (unpaired) electrons. The van der Waals surface area contributed by atoms with Gasteiger partial charge in [-0.15, -0.1) is 0 Å². The normalized spacial score (nSPS) is 25.2. The monoisotopic (exact) mass is 488 g/mol. The van der Waals surface area contributed by atoms with Crippen LogP contribution in [0.1, 0.15) is 100 Å². The van der Waals surface area contributed by atoms with Crippen LogP contribution in [0.25, 0.3) is 6.08 Å². The zero-order valence-electron chi connectivity index (χ0n) is 20.8. The van der Waals surface area contributed by atoms with Crippen molar-refractivity contribution in [1.29, 1.82) is 0 Å². The number of allylic oxidation sites excluding steroid dienone is 1. The van der Waals surface area contributed by atoms with Gasteiger partial charge >= 0.3 is 0 Å². The average molecular weight is 489 g/mol. The van der Waals surface area contributed by atoms with Crippen LogP contribution in [0, 0.1) is 35.1 Å². The van der Waals surface area contributed by atoms with Crippen LogP contribution >= 0.6 is 0 Å². The molecule has 0 unspecified atom stereocenters. The second kappa shape index (κ2) is 11.6. The summed E-state index contributed by atoms with van der Waals surface area (Å²) in [6.07, 6.45) is 11.8. The molecule has 2 aliphatic rings. The van der Waals surface area contributed by atoms with Crippen LogP contribution in [0.4, 0.5) is 17.6 Å². The number of halogens is 4. The van der Waals surface area contributed by atoms with Crippen LogP contribution in [0.15, 0.2) is 30.3 Å². The Kier molecular flexibility index (Phi) is 8.56. The molecule has 0 amide bonds. The average Bonchev–Trinajstić information content (AvgIpc) is 2.88. The third kappa shape index (κ3) is 5.76. The summed E-state index contributed by atoms with van der Waals surface area (Å²) in [5.41, 5.74) is 1.21. The van der Waals surface area contributed by atoms with Crippen LogP contribution in [0.3, 0.4) is 0 Å². The summed E-state index contributed by atoms with van der Waals surface area (Å²) in [7, 11) is 0. The first-order valence-electron chi connectivity index (χ1n) is 13.2. The highest BCUT2D eigenvalue weighted by molar-refractivity contribution is 5.52. The maximum atomic E-state index is 15.1. The predicted molar refractivity (Wildman–Crippen MR) is 133 cm³/mol. The van der Waals surface area contributed by atoms with E-state index in [-0.39, 0.29) is 35.7 Å². The van der Waals surface area contributed by atoms with Gasteiger partial charge in [0.1, 0.15) is 0 Å². The van der Waals surface area contributed by atoms with Crippen LogP contribution in [-0.4, -0.2) is 6.61 Å². The molecule has 35 heavy (non-hydrogen) atoms. The lowest BCUT2D eigenvalue weighted by Gasteiger charge is -2.30. The molecule has 4 rings (SSSR count). The number of hydrogen-bond donors (Lipinski definition) is 0. The van der Waals surface area contributed by atoms with Crippen molar-refractivity contribution >= 4 is 6.08 Å². The van der Waals surface area contributed by atoms with Gasteiger partial charge in [-0.3, -0.25) is 0 Å². The number of rotatable bonds is 7. The molecule has 190 valence electrons. The maximum absolute atomic E-state index is 15.1. The third-order valence-corrected chi connectivity index (χ3v) is 8.14. The molecule has 0 N–H and O–H groups in total. The second-order valence-electron chi connectivity index (χ2n) is 10.2. The zero-order valence-corrected chi connectivity index (χ0v) is 20.8. The fraction of sp³-hybridized carbons (Fsp3) is 0.533. The van der Waals surface area contributed by atoms with Crippen LogP contribution in [-0.2, 0) is 0 Å². The molecule has 2 aromatic rings. The molecule has 0 heterocycles. The molecule has 0 aromatic heterocycles. The van der Waals surface area contributed by atoms with E-state index in [2.05, 4.69) is 6.92 Å². The van der Waals surface area contributed by atoms with E-state index in [1.165, 1.54) is 12.1 Å². The Balaban J connectivity index is 1.37. The SMILES string of the molecule is CCOc1ccc(/C=C/C2CCC(c3ccc(C4CCC(CC)CC4)c(F)c3F)CC2)c(F)c1F. The van der Waals surface area contributed by atoms with Crippen molar-refractivity contribution in [3.63, 3.8) is 0 Å². The number of benzene rings is 2. The summed E-state index contributed by atoms with van der Waals surface area (Å²) in [5, 5.41) is 0. The summed E-state index contributed by atoms with van der Waals surface area (Å²) in [6.45, 7) is 4.18. The lowest BCUT2D eigenvalue weighted by Crippen LogP contribution is -2.16. The molecule has 5 heteroatoms. The lowest BCUT2D eigenvalue weighted by molar-refractivity contribution is 0.311. The highest BCUT2D eigenvalue weighted by Gasteiger charge is 2.29. The van der Waals surface area contributed by atoms with E-state index >= 15 is 8.78 Å².